The molecule has 2 aromatic rings. The van der Waals surface area contributed by atoms with Crippen molar-refractivity contribution in [2.45, 2.75) is 13.8 Å². The molecule has 2 fully saturated rings. The normalized spacial score (nSPS) is 17.9. The third kappa shape index (κ3) is 7.94. The van der Waals surface area contributed by atoms with Gasteiger partial charge in [-0.05, 0) is 0 Å². The van der Waals surface area contributed by atoms with E-state index in [0.29, 0.717) is 29.3 Å². The van der Waals surface area contributed by atoms with Gasteiger partial charge >= 0.3 is 0 Å². The summed E-state index contributed by atoms with van der Waals surface area (Å²) in [5.41, 5.74) is 10.9. The van der Waals surface area contributed by atoms with Crippen LogP contribution in [-0.2, 0) is 9.47 Å². The minimum Gasteiger partial charge on any atom is -0.476 e. The molecule has 0 bridgehead atoms. The lowest BCUT2D eigenvalue weighted by molar-refractivity contribution is -0.125. The standard InChI is InChI=1S/C9H13N3O2.C5H10O2.C4H4ClN3/c1-9(4-13-5-9)6-14-8-3-11-2-7(10)12-8;1-5(2-6)3-7-4-5;5-3-1-7-2-4(6)8-3/h2-3H,4-6H2,1H3,(H2,10,12);6H,2-4H2,1H3;1-2H,(H2,6,8). The molecule has 10 nitrogen and oxygen atoms in total. The van der Waals surface area contributed by atoms with Crippen LogP contribution in [0, 0.1) is 10.8 Å². The maximum atomic E-state index is 8.57. The van der Waals surface area contributed by atoms with E-state index in [2.05, 4.69) is 26.9 Å². The molecule has 2 aliphatic rings. The number of nitrogen functional groups attached to an aromatic ring is 2. The van der Waals surface area contributed by atoms with Crippen LogP contribution in [-0.4, -0.2) is 64.7 Å². The van der Waals surface area contributed by atoms with Gasteiger partial charge in [-0.25, -0.2) is 4.98 Å². The molecule has 160 valence electrons. The van der Waals surface area contributed by atoms with Crippen LogP contribution in [0.2, 0.25) is 5.15 Å². The molecule has 0 amide bonds. The second-order valence-electron chi connectivity index (χ2n) is 7.60. The fraction of sp³-hybridized carbons (Fsp3) is 0.556. The molecule has 0 atom stereocenters. The van der Waals surface area contributed by atoms with Crippen molar-refractivity contribution in [2.24, 2.45) is 10.8 Å². The Morgan fingerprint density at radius 1 is 0.966 bits per heavy atom. The van der Waals surface area contributed by atoms with Crippen molar-refractivity contribution >= 4 is 23.2 Å². The van der Waals surface area contributed by atoms with E-state index < -0.39 is 0 Å². The molecular formula is C18H27ClN6O4. The van der Waals surface area contributed by atoms with E-state index in [1.165, 1.54) is 18.6 Å². The molecule has 0 radical (unpaired) electrons. The second-order valence-corrected chi connectivity index (χ2v) is 7.99. The number of nitrogens with two attached hydrogens (primary N) is 2. The van der Waals surface area contributed by atoms with E-state index in [-0.39, 0.29) is 17.4 Å². The number of aliphatic hydroxyl groups is 1. The third-order valence-electron chi connectivity index (χ3n) is 4.01. The van der Waals surface area contributed by atoms with Gasteiger partial charge in [0, 0.05) is 10.8 Å². The Kier molecular flexibility index (Phi) is 8.32. The second kappa shape index (κ2) is 10.5. The van der Waals surface area contributed by atoms with Crippen molar-refractivity contribution in [3.63, 3.8) is 0 Å². The van der Waals surface area contributed by atoms with Crippen LogP contribution in [0.1, 0.15) is 13.8 Å². The summed E-state index contributed by atoms with van der Waals surface area (Å²) in [5.74, 6) is 1.19. The number of halogens is 1. The average Bonchev–Trinajstić information content (AvgIpc) is 2.64. The molecule has 2 aliphatic heterocycles. The van der Waals surface area contributed by atoms with Crippen LogP contribution >= 0.6 is 11.6 Å². The Bertz CT molecular complexity index is 751. The summed E-state index contributed by atoms with van der Waals surface area (Å²) in [6.45, 7) is 7.89. The van der Waals surface area contributed by atoms with Gasteiger partial charge in [-0.3, -0.25) is 9.97 Å². The van der Waals surface area contributed by atoms with Gasteiger partial charge in [0.15, 0.2) is 0 Å². The Labute approximate surface area is 174 Å². The van der Waals surface area contributed by atoms with E-state index >= 15 is 0 Å². The highest BCUT2D eigenvalue weighted by Crippen LogP contribution is 2.27. The summed E-state index contributed by atoms with van der Waals surface area (Å²) in [4.78, 5) is 15.2. The van der Waals surface area contributed by atoms with Crippen LogP contribution in [0.3, 0.4) is 0 Å². The summed E-state index contributed by atoms with van der Waals surface area (Å²) in [7, 11) is 0. The molecule has 0 aliphatic carbocycles. The zero-order valence-corrected chi connectivity index (χ0v) is 17.3. The van der Waals surface area contributed by atoms with Crippen molar-refractivity contribution in [2.75, 3.05) is 51.1 Å². The number of hydrogen-bond acceptors (Lipinski definition) is 10. The third-order valence-corrected chi connectivity index (χ3v) is 4.19. The molecule has 0 aromatic carbocycles. The van der Waals surface area contributed by atoms with E-state index in [0.717, 1.165) is 26.4 Å². The molecule has 2 aromatic heterocycles. The van der Waals surface area contributed by atoms with Crippen molar-refractivity contribution in [1.82, 2.24) is 19.9 Å². The van der Waals surface area contributed by atoms with Gasteiger partial charge in [0.25, 0.3) is 0 Å². The topological polar surface area (TPSA) is 152 Å². The summed E-state index contributed by atoms with van der Waals surface area (Å²) in [6, 6.07) is 0. The number of aromatic nitrogens is 4. The predicted octanol–water partition coefficient (Wildman–Crippen LogP) is 1.20. The van der Waals surface area contributed by atoms with Crippen LogP contribution in [0.25, 0.3) is 0 Å². The van der Waals surface area contributed by atoms with E-state index in [4.69, 9.17) is 42.4 Å². The molecule has 5 N–H and O–H groups in total. The van der Waals surface area contributed by atoms with E-state index in [1.54, 1.807) is 6.20 Å². The largest absolute Gasteiger partial charge is 0.476 e. The molecule has 29 heavy (non-hydrogen) atoms. The van der Waals surface area contributed by atoms with Crippen molar-refractivity contribution in [1.29, 1.82) is 0 Å². The first-order valence-electron chi connectivity index (χ1n) is 8.93. The zero-order valence-electron chi connectivity index (χ0n) is 16.5. The number of rotatable bonds is 4. The number of aliphatic hydroxyl groups excluding tert-OH is 1. The molecule has 0 spiro atoms. The van der Waals surface area contributed by atoms with Gasteiger partial charge in [0.05, 0.1) is 64.4 Å². The summed E-state index contributed by atoms with van der Waals surface area (Å²) in [6.07, 6.45) is 5.91. The van der Waals surface area contributed by atoms with Crippen LogP contribution in [0.15, 0.2) is 24.8 Å². The van der Waals surface area contributed by atoms with Crippen molar-refractivity contribution in [3.05, 3.63) is 29.9 Å². The molecule has 4 heterocycles. The SMILES string of the molecule is CC1(CO)COC1.CC1(COc2cncc(N)n2)COC1.Nc1cncc(Cl)n1. The smallest absolute Gasteiger partial charge is 0.234 e. The number of hydrogen-bond donors (Lipinski definition) is 3. The monoisotopic (exact) mass is 426 g/mol. The Morgan fingerprint density at radius 3 is 1.86 bits per heavy atom. The van der Waals surface area contributed by atoms with Crippen LogP contribution in [0.4, 0.5) is 11.6 Å². The highest BCUT2D eigenvalue weighted by atomic mass is 35.5. The summed E-state index contributed by atoms with van der Waals surface area (Å²) >= 11 is 5.39. The lowest BCUT2D eigenvalue weighted by Gasteiger charge is -2.37. The molecule has 0 unspecified atom stereocenters. The highest BCUT2D eigenvalue weighted by molar-refractivity contribution is 6.29. The van der Waals surface area contributed by atoms with Crippen molar-refractivity contribution < 1.29 is 19.3 Å². The lowest BCUT2D eigenvalue weighted by atomic mass is 9.90. The first-order valence-corrected chi connectivity index (χ1v) is 9.31. The molecule has 11 heteroatoms. The summed E-state index contributed by atoms with van der Waals surface area (Å²) < 4.78 is 15.4. The van der Waals surface area contributed by atoms with Crippen molar-refractivity contribution in [3.8, 4) is 5.88 Å². The zero-order chi connectivity index (χ0) is 21.3. The van der Waals surface area contributed by atoms with Gasteiger partial charge in [-0.15, -0.1) is 0 Å². The minimum absolute atomic E-state index is 0.0972. The first-order chi connectivity index (χ1) is 13.7. The van der Waals surface area contributed by atoms with Gasteiger partial charge in [-0.1, -0.05) is 25.4 Å². The van der Waals surface area contributed by atoms with Crippen LogP contribution < -0.4 is 16.2 Å². The quantitative estimate of drug-likeness (QED) is 0.650. The van der Waals surface area contributed by atoms with Crippen LogP contribution in [0.5, 0.6) is 5.88 Å². The molecule has 4 rings (SSSR count). The van der Waals surface area contributed by atoms with E-state index in [1.807, 2.05) is 6.92 Å². The lowest BCUT2D eigenvalue weighted by Crippen LogP contribution is -2.44. The Morgan fingerprint density at radius 2 is 1.52 bits per heavy atom. The Balaban J connectivity index is 0.000000170. The van der Waals surface area contributed by atoms with Gasteiger partial charge in [0.1, 0.15) is 16.8 Å². The fourth-order valence-corrected chi connectivity index (χ4v) is 2.27. The molecule has 2 saturated heterocycles. The average molecular weight is 427 g/mol. The maximum Gasteiger partial charge on any atom is 0.234 e. The number of nitrogens with zero attached hydrogens (tertiary/aromatic N) is 4. The predicted molar refractivity (Wildman–Crippen MR) is 108 cm³/mol. The minimum atomic E-state index is 0.0972. The van der Waals surface area contributed by atoms with E-state index in [9.17, 15) is 0 Å². The van der Waals surface area contributed by atoms with Gasteiger partial charge < -0.3 is 30.8 Å². The Hall–Kier alpha value is -2.27. The summed E-state index contributed by atoms with van der Waals surface area (Å²) in [5, 5.41) is 8.89. The molecule has 0 saturated carbocycles. The van der Waals surface area contributed by atoms with Gasteiger partial charge in [-0.2, -0.15) is 4.98 Å². The maximum absolute atomic E-state index is 8.57. The van der Waals surface area contributed by atoms with Gasteiger partial charge in [0.2, 0.25) is 5.88 Å². The first kappa shape index (κ1) is 23.0. The number of anilines is 2. The highest BCUT2D eigenvalue weighted by Gasteiger charge is 2.34. The fourth-order valence-electron chi connectivity index (χ4n) is 2.11. The number of ether oxygens (including phenoxy) is 3. The molecular weight excluding hydrogens is 400 g/mol.